The third-order valence-electron chi connectivity index (χ3n) is 2.61. The van der Waals surface area contributed by atoms with Gasteiger partial charge in [0.05, 0.1) is 6.10 Å². The predicted molar refractivity (Wildman–Crippen MR) is 55.8 cm³/mol. The maximum atomic E-state index is 11.1. The van der Waals surface area contributed by atoms with Crippen LogP contribution in [-0.2, 0) is 4.79 Å². The highest BCUT2D eigenvalue weighted by Crippen LogP contribution is 2.14. The quantitative estimate of drug-likeness (QED) is 0.715. The third kappa shape index (κ3) is 3.14. The summed E-state index contributed by atoms with van der Waals surface area (Å²) in [6.07, 6.45) is 4.57. The molecule has 2 N–H and O–H groups in total. The van der Waals surface area contributed by atoms with E-state index in [0.29, 0.717) is 6.42 Å². The Morgan fingerprint density at radius 2 is 2.29 bits per heavy atom. The first-order chi connectivity index (χ1) is 6.63. The topological polar surface area (TPSA) is 49.3 Å². The first-order valence-electron chi connectivity index (χ1n) is 5.31. The Morgan fingerprint density at radius 1 is 1.57 bits per heavy atom. The van der Waals surface area contributed by atoms with Crippen LogP contribution in [0.25, 0.3) is 0 Å². The maximum absolute atomic E-state index is 11.1. The number of aliphatic hydroxyl groups excluding tert-OH is 1. The highest BCUT2D eigenvalue weighted by molar-refractivity contribution is 5.91. The van der Waals surface area contributed by atoms with Crippen molar-refractivity contribution in [2.24, 2.45) is 0 Å². The van der Waals surface area contributed by atoms with Crippen molar-refractivity contribution in [1.29, 1.82) is 0 Å². The minimum atomic E-state index is -0.340. The van der Waals surface area contributed by atoms with Crippen molar-refractivity contribution in [3.8, 4) is 0 Å². The molecule has 2 atom stereocenters. The summed E-state index contributed by atoms with van der Waals surface area (Å²) in [5.74, 6) is 0.192. The van der Waals surface area contributed by atoms with Crippen molar-refractivity contribution in [2.75, 3.05) is 0 Å². The molecule has 0 aromatic rings. The Labute approximate surface area is 85.2 Å². The standard InChI is InChI=1S/C11H19NO2/c1-3-11(14)8(2)12-9-5-4-6-10(13)7-9/h7-8,11-12,14H,3-6H2,1-2H3. The lowest BCUT2D eigenvalue weighted by atomic mass is 10.0. The van der Waals surface area contributed by atoms with Crippen molar-refractivity contribution in [3.05, 3.63) is 11.8 Å². The molecule has 80 valence electrons. The molecule has 0 spiro atoms. The number of aliphatic hydroxyl groups is 1. The van der Waals surface area contributed by atoms with Crippen molar-refractivity contribution >= 4 is 5.78 Å². The normalized spacial score (nSPS) is 21.4. The Balaban J connectivity index is 2.47. The Morgan fingerprint density at radius 3 is 2.86 bits per heavy atom. The van der Waals surface area contributed by atoms with Gasteiger partial charge in [-0.05, 0) is 26.2 Å². The molecule has 1 rings (SSSR count). The van der Waals surface area contributed by atoms with Crippen LogP contribution in [-0.4, -0.2) is 23.0 Å². The number of nitrogens with one attached hydrogen (secondary N) is 1. The first kappa shape index (κ1) is 11.2. The molecule has 0 saturated heterocycles. The lowest BCUT2D eigenvalue weighted by Gasteiger charge is -2.23. The van der Waals surface area contributed by atoms with E-state index in [0.717, 1.165) is 25.0 Å². The first-order valence-corrected chi connectivity index (χ1v) is 5.31. The van der Waals surface area contributed by atoms with Gasteiger partial charge in [0.25, 0.3) is 0 Å². The maximum Gasteiger partial charge on any atom is 0.157 e. The molecule has 3 nitrogen and oxygen atoms in total. The van der Waals surface area contributed by atoms with Crippen molar-refractivity contribution in [1.82, 2.24) is 5.32 Å². The number of ketones is 1. The Bertz CT molecular complexity index is 235. The number of rotatable bonds is 4. The van der Waals surface area contributed by atoms with E-state index in [1.807, 2.05) is 13.8 Å². The number of carbonyl (C=O) groups is 1. The summed E-state index contributed by atoms with van der Waals surface area (Å²) in [7, 11) is 0. The van der Waals surface area contributed by atoms with E-state index in [1.165, 1.54) is 0 Å². The molecular weight excluding hydrogens is 178 g/mol. The molecule has 0 saturated carbocycles. The molecule has 0 bridgehead atoms. The summed E-state index contributed by atoms with van der Waals surface area (Å²) in [5.41, 5.74) is 0.973. The second-order valence-electron chi connectivity index (χ2n) is 3.90. The van der Waals surface area contributed by atoms with Crippen LogP contribution in [0.4, 0.5) is 0 Å². The van der Waals surface area contributed by atoms with Gasteiger partial charge in [0.1, 0.15) is 0 Å². The van der Waals surface area contributed by atoms with E-state index < -0.39 is 0 Å². The molecule has 0 heterocycles. The fourth-order valence-corrected chi connectivity index (χ4v) is 1.65. The van der Waals surface area contributed by atoms with Crippen LogP contribution < -0.4 is 5.32 Å². The van der Waals surface area contributed by atoms with E-state index in [4.69, 9.17) is 0 Å². The number of carbonyl (C=O) groups excluding carboxylic acids is 1. The van der Waals surface area contributed by atoms with Gasteiger partial charge in [0, 0.05) is 24.2 Å². The lowest BCUT2D eigenvalue weighted by molar-refractivity contribution is -0.115. The van der Waals surface area contributed by atoms with Crippen molar-refractivity contribution < 1.29 is 9.90 Å². The summed E-state index contributed by atoms with van der Waals surface area (Å²) < 4.78 is 0. The van der Waals surface area contributed by atoms with Crippen LogP contribution in [0, 0.1) is 0 Å². The van der Waals surface area contributed by atoms with Crippen LogP contribution in [0.3, 0.4) is 0 Å². The van der Waals surface area contributed by atoms with E-state index >= 15 is 0 Å². The zero-order valence-electron chi connectivity index (χ0n) is 8.92. The monoisotopic (exact) mass is 197 g/mol. The Hall–Kier alpha value is -0.830. The van der Waals surface area contributed by atoms with Gasteiger partial charge in [-0.15, -0.1) is 0 Å². The molecule has 0 fully saturated rings. The molecule has 0 amide bonds. The van der Waals surface area contributed by atoms with Gasteiger partial charge >= 0.3 is 0 Å². The summed E-state index contributed by atoms with van der Waals surface area (Å²) >= 11 is 0. The molecule has 2 unspecified atom stereocenters. The zero-order valence-corrected chi connectivity index (χ0v) is 8.92. The average molecular weight is 197 g/mol. The summed E-state index contributed by atoms with van der Waals surface area (Å²) in [4.78, 5) is 11.1. The van der Waals surface area contributed by atoms with E-state index in [2.05, 4.69) is 5.32 Å². The summed E-state index contributed by atoms with van der Waals surface area (Å²) in [6, 6.07) is 0.0251. The van der Waals surface area contributed by atoms with Gasteiger partial charge < -0.3 is 10.4 Å². The highest BCUT2D eigenvalue weighted by Gasteiger charge is 2.15. The second kappa shape index (κ2) is 5.15. The zero-order chi connectivity index (χ0) is 10.6. The Kier molecular flexibility index (Phi) is 4.14. The summed E-state index contributed by atoms with van der Waals surface area (Å²) in [5, 5.41) is 12.7. The van der Waals surface area contributed by atoms with Gasteiger partial charge in [-0.1, -0.05) is 6.92 Å². The lowest BCUT2D eigenvalue weighted by Crippen LogP contribution is -2.37. The molecule has 14 heavy (non-hydrogen) atoms. The molecule has 1 aliphatic carbocycles. The van der Waals surface area contributed by atoms with Gasteiger partial charge in [-0.2, -0.15) is 0 Å². The largest absolute Gasteiger partial charge is 0.391 e. The number of allylic oxidation sites excluding steroid dienone is 2. The SMILES string of the molecule is CCC(O)C(C)NC1=CC(=O)CCC1. The van der Waals surface area contributed by atoms with Gasteiger partial charge in [0.2, 0.25) is 0 Å². The molecule has 0 aliphatic heterocycles. The van der Waals surface area contributed by atoms with Crippen molar-refractivity contribution in [2.45, 2.75) is 51.7 Å². The van der Waals surface area contributed by atoms with Gasteiger partial charge in [0.15, 0.2) is 5.78 Å². The molecule has 0 aromatic carbocycles. The molecular formula is C11H19NO2. The van der Waals surface area contributed by atoms with Gasteiger partial charge in [-0.25, -0.2) is 0 Å². The van der Waals surface area contributed by atoms with Crippen LogP contribution in [0.2, 0.25) is 0 Å². The average Bonchev–Trinajstić information content (AvgIpc) is 2.16. The number of hydrogen-bond acceptors (Lipinski definition) is 3. The molecule has 0 aromatic heterocycles. The van der Waals surface area contributed by atoms with Gasteiger partial charge in [-0.3, -0.25) is 4.79 Å². The predicted octanol–water partition coefficient (Wildman–Crippen LogP) is 1.37. The van der Waals surface area contributed by atoms with Crippen LogP contribution in [0.15, 0.2) is 11.8 Å². The fourth-order valence-electron chi connectivity index (χ4n) is 1.65. The van der Waals surface area contributed by atoms with Crippen LogP contribution in [0.5, 0.6) is 0 Å². The second-order valence-corrected chi connectivity index (χ2v) is 3.90. The molecule has 3 heteroatoms. The van der Waals surface area contributed by atoms with E-state index in [-0.39, 0.29) is 17.9 Å². The molecule has 1 aliphatic rings. The fraction of sp³-hybridized carbons (Fsp3) is 0.727. The van der Waals surface area contributed by atoms with E-state index in [9.17, 15) is 9.90 Å². The molecule has 0 radical (unpaired) electrons. The summed E-state index contributed by atoms with van der Waals surface area (Å²) in [6.45, 7) is 3.89. The highest BCUT2D eigenvalue weighted by atomic mass is 16.3. The van der Waals surface area contributed by atoms with Crippen LogP contribution >= 0.6 is 0 Å². The van der Waals surface area contributed by atoms with Crippen molar-refractivity contribution in [3.63, 3.8) is 0 Å². The van der Waals surface area contributed by atoms with E-state index in [1.54, 1.807) is 6.08 Å². The third-order valence-corrected chi connectivity index (χ3v) is 2.61. The smallest absolute Gasteiger partial charge is 0.157 e. The minimum Gasteiger partial charge on any atom is -0.391 e. The minimum absolute atomic E-state index is 0.0251. The number of hydrogen-bond donors (Lipinski definition) is 2. The van der Waals surface area contributed by atoms with Crippen LogP contribution in [0.1, 0.15) is 39.5 Å².